The lowest BCUT2D eigenvalue weighted by Gasteiger charge is -2.23. The lowest BCUT2D eigenvalue weighted by Crippen LogP contribution is -2.18. The van der Waals surface area contributed by atoms with Crippen LogP contribution in [0.15, 0.2) is 42.1 Å². The van der Waals surface area contributed by atoms with Crippen LogP contribution in [0.1, 0.15) is 18.3 Å². The van der Waals surface area contributed by atoms with E-state index in [2.05, 4.69) is 31.6 Å². The summed E-state index contributed by atoms with van der Waals surface area (Å²) in [5.74, 6) is 2.23. The van der Waals surface area contributed by atoms with Gasteiger partial charge in [-0.05, 0) is 36.1 Å². The summed E-state index contributed by atoms with van der Waals surface area (Å²) >= 11 is 8.08. The highest BCUT2D eigenvalue weighted by Gasteiger charge is 2.25. The summed E-state index contributed by atoms with van der Waals surface area (Å²) in [6, 6.07) is 7.79. The average Bonchev–Trinajstić information content (AvgIpc) is 3.25. The molecule has 0 spiro atoms. The van der Waals surface area contributed by atoms with Gasteiger partial charge in [0.05, 0.1) is 35.1 Å². The van der Waals surface area contributed by atoms with Crippen molar-refractivity contribution in [2.24, 2.45) is 0 Å². The van der Waals surface area contributed by atoms with Crippen molar-refractivity contribution >= 4 is 40.5 Å². The van der Waals surface area contributed by atoms with E-state index < -0.39 is 0 Å². The van der Waals surface area contributed by atoms with Gasteiger partial charge in [-0.15, -0.1) is 11.8 Å². The van der Waals surface area contributed by atoms with Gasteiger partial charge in [0.2, 0.25) is 5.78 Å². The van der Waals surface area contributed by atoms with E-state index in [9.17, 15) is 0 Å². The highest BCUT2D eigenvalue weighted by molar-refractivity contribution is 8.02. The van der Waals surface area contributed by atoms with E-state index in [1.54, 1.807) is 25.1 Å². The predicted molar refractivity (Wildman–Crippen MR) is 103 cm³/mol. The molecule has 0 atom stereocenters. The van der Waals surface area contributed by atoms with Gasteiger partial charge in [0.25, 0.3) is 0 Å². The van der Waals surface area contributed by atoms with Crippen LogP contribution in [-0.4, -0.2) is 27.4 Å². The molecule has 5 nitrogen and oxygen atoms in total. The molecule has 1 aromatic carbocycles. The molecule has 128 valence electrons. The second-order valence-electron chi connectivity index (χ2n) is 5.60. The molecule has 3 aromatic rings. The zero-order chi connectivity index (χ0) is 17.4. The van der Waals surface area contributed by atoms with Crippen molar-refractivity contribution in [2.75, 3.05) is 17.9 Å². The fourth-order valence-corrected chi connectivity index (χ4v) is 4.16. The van der Waals surface area contributed by atoms with E-state index in [1.807, 2.05) is 30.5 Å². The first-order chi connectivity index (χ1) is 12.2. The van der Waals surface area contributed by atoms with Crippen molar-refractivity contribution in [2.45, 2.75) is 13.3 Å². The normalized spacial score (nSPS) is 14.2. The third kappa shape index (κ3) is 2.75. The number of benzene rings is 1. The molecule has 0 N–H and O–H groups in total. The molecule has 2 aromatic heterocycles. The van der Waals surface area contributed by atoms with Gasteiger partial charge in [0, 0.05) is 18.1 Å². The summed E-state index contributed by atoms with van der Waals surface area (Å²) in [4.78, 5) is 11.3. The van der Waals surface area contributed by atoms with Crippen LogP contribution in [0.5, 0.6) is 5.75 Å². The number of nitrogens with zero attached hydrogens (tertiary/aromatic N) is 4. The van der Waals surface area contributed by atoms with Crippen LogP contribution >= 0.6 is 23.4 Å². The Morgan fingerprint density at radius 1 is 1.36 bits per heavy atom. The number of rotatable bonds is 4. The number of fused-ring (bicyclic) bond motifs is 1. The molecule has 0 fully saturated rings. The smallest absolute Gasteiger partial charge is 0.234 e. The van der Waals surface area contributed by atoms with Crippen LogP contribution < -0.4 is 9.64 Å². The summed E-state index contributed by atoms with van der Waals surface area (Å²) in [5, 5.41) is 2.78. The number of aryl methyl sites for hydroxylation is 1. The number of halogens is 1. The molecule has 1 aliphatic rings. The molecule has 1 aliphatic heterocycles. The van der Waals surface area contributed by atoms with Gasteiger partial charge in [0.1, 0.15) is 5.75 Å². The van der Waals surface area contributed by atoms with Crippen LogP contribution in [0, 0.1) is 0 Å². The number of ether oxygens (including phenoxy) is 1. The predicted octanol–water partition coefficient (Wildman–Crippen LogP) is 4.46. The van der Waals surface area contributed by atoms with E-state index >= 15 is 0 Å². The van der Waals surface area contributed by atoms with Crippen molar-refractivity contribution in [3.63, 3.8) is 0 Å². The van der Waals surface area contributed by atoms with E-state index in [-0.39, 0.29) is 0 Å². The minimum atomic E-state index is 0.603. The summed E-state index contributed by atoms with van der Waals surface area (Å²) < 4.78 is 7.31. The van der Waals surface area contributed by atoms with Crippen LogP contribution in [0.4, 0.5) is 5.69 Å². The largest absolute Gasteiger partial charge is 0.495 e. The van der Waals surface area contributed by atoms with Crippen molar-refractivity contribution < 1.29 is 4.74 Å². The molecule has 0 saturated carbocycles. The molecule has 0 bridgehead atoms. The van der Waals surface area contributed by atoms with Gasteiger partial charge in [-0.25, -0.2) is 9.97 Å². The number of thioether (sulfide) groups is 1. The number of hydrogen-bond acceptors (Lipinski definition) is 5. The highest BCUT2D eigenvalue weighted by Crippen LogP contribution is 2.39. The summed E-state index contributed by atoms with van der Waals surface area (Å²) in [5.41, 5.74) is 4.27. The fourth-order valence-electron chi connectivity index (χ4n) is 3.00. The molecule has 4 rings (SSSR count). The summed E-state index contributed by atoms with van der Waals surface area (Å²) in [6.45, 7) is 2.11. The van der Waals surface area contributed by atoms with Crippen molar-refractivity contribution in [1.82, 2.24) is 14.4 Å². The molecular formula is C18H17ClN4OS. The molecule has 3 heterocycles. The first-order valence-electron chi connectivity index (χ1n) is 7.98. The number of aromatic nitrogens is 3. The number of hydrogen-bond donors (Lipinski definition) is 0. The fraction of sp³-hybridized carbons (Fsp3) is 0.222. The van der Waals surface area contributed by atoms with Gasteiger partial charge < -0.3 is 9.64 Å². The van der Waals surface area contributed by atoms with Crippen molar-refractivity contribution in [1.29, 1.82) is 0 Å². The van der Waals surface area contributed by atoms with E-state index in [4.69, 9.17) is 16.3 Å². The molecule has 7 heteroatoms. The Morgan fingerprint density at radius 3 is 3.00 bits per heavy atom. The third-order valence-corrected chi connectivity index (χ3v) is 5.28. The van der Waals surface area contributed by atoms with Crippen LogP contribution in [0.25, 0.3) is 11.5 Å². The minimum absolute atomic E-state index is 0.603. The van der Waals surface area contributed by atoms with Crippen molar-refractivity contribution in [3.05, 3.63) is 58.5 Å². The average molecular weight is 373 g/mol. The molecule has 0 aliphatic carbocycles. The summed E-state index contributed by atoms with van der Waals surface area (Å²) in [6.07, 6.45) is 4.62. The SMILES string of the molecule is CCc1nc2ncccn2c1C1=CSCN1c1ccc(OC)c(Cl)c1. The second kappa shape index (κ2) is 6.61. The number of methoxy groups -OCH3 is 1. The first kappa shape index (κ1) is 16.3. The standard InChI is InChI=1S/C18H17ClN4OS/c1-3-14-17(22-8-4-7-20-18(22)21-14)15-10-25-11-23(15)12-5-6-16(24-2)13(19)9-12/h4-10H,3,11H2,1-2H3. The zero-order valence-electron chi connectivity index (χ0n) is 13.9. The Kier molecular flexibility index (Phi) is 4.31. The Hall–Kier alpha value is -2.18. The Morgan fingerprint density at radius 2 is 2.24 bits per heavy atom. The molecule has 0 radical (unpaired) electrons. The molecule has 0 amide bonds. The molecule has 25 heavy (non-hydrogen) atoms. The van der Waals surface area contributed by atoms with Crippen LogP contribution in [0.2, 0.25) is 5.02 Å². The maximum Gasteiger partial charge on any atom is 0.234 e. The quantitative estimate of drug-likeness (QED) is 0.676. The second-order valence-corrected chi connectivity index (χ2v) is 6.83. The molecule has 0 unspecified atom stereocenters. The lowest BCUT2D eigenvalue weighted by atomic mass is 10.2. The monoisotopic (exact) mass is 372 g/mol. The van der Waals surface area contributed by atoms with Gasteiger partial charge in [-0.3, -0.25) is 4.40 Å². The Balaban J connectivity index is 1.82. The lowest BCUT2D eigenvalue weighted by molar-refractivity contribution is 0.415. The molecular weight excluding hydrogens is 356 g/mol. The van der Waals surface area contributed by atoms with Crippen LogP contribution in [0.3, 0.4) is 0 Å². The van der Waals surface area contributed by atoms with Gasteiger partial charge >= 0.3 is 0 Å². The Labute approximate surface area is 155 Å². The van der Waals surface area contributed by atoms with Crippen molar-refractivity contribution in [3.8, 4) is 5.75 Å². The maximum atomic E-state index is 6.33. The Bertz CT molecular complexity index is 969. The number of imidazole rings is 1. The van der Waals surface area contributed by atoms with E-state index in [0.717, 1.165) is 40.8 Å². The van der Waals surface area contributed by atoms with Gasteiger partial charge in [0.15, 0.2) is 0 Å². The number of anilines is 1. The first-order valence-corrected chi connectivity index (χ1v) is 9.40. The van der Waals surface area contributed by atoms with Gasteiger partial charge in [-0.1, -0.05) is 18.5 Å². The third-order valence-electron chi connectivity index (χ3n) is 4.19. The topological polar surface area (TPSA) is 42.7 Å². The van der Waals surface area contributed by atoms with Gasteiger partial charge in [-0.2, -0.15) is 0 Å². The maximum absolute atomic E-state index is 6.33. The van der Waals surface area contributed by atoms with E-state index in [1.165, 1.54) is 0 Å². The minimum Gasteiger partial charge on any atom is -0.495 e. The molecule has 0 saturated heterocycles. The van der Waals surface area contributed by atoms with Crippen LogP contribution in [-0.2, 0) is 6.42 Å². The highest BCUT2D eigenvalue weighted by atomic mass is 35.5. The summed E-state index contributed by atoms with van der Waals surface area (Å²) in [7, 11) is 1.62. The van der Waals surface area contributed by atoms with E-state index in [0.29, 0.717) is 10.8 Å². The zero-order valence-corrected chi connectivity index (χ0v) is 15.5.